The molecule has 8 heteroatoms. The summed E-state index contributed by atoms with van der Waals surface area (Å²) in [5, 5.41) is 17.7. The number of amidine groups is 1. The number of nitrogens with zero attached hydrogens (tertiary/aromatic N) is 4. The molecule has 2 aliphatic rings. The predicted molar refractivity (Wildman–Crippen MR) is 76.2 cm³/mol. The van der Waals surface area contributed by atoms with Crippen LogP contribution in [-0.4, -0.2) is 27.1 Å². The maximum absolute atomic E-state index is 10.5. The molecular formula is C13H10ClN5O2. The number of furan rings is 1. The Morgan fingerprint density at radius 1 is 1.33 bits per heavy atom. The highest BCUT2D eigenvalue weighted by atomic mass is 35.5. The average Bonchev–Trinajstić information content (AvgIpc) is 3.08. The minimum Gasteiger partial charge on any atom is -0.461 e. The Morgan fingerprint density at radius 2 is 2.19 bits per heavy atom. The van der Waals surface area contributed by atoms with Gasteiger partial charge in [0.2, 0.25) is 11.8 Å². The Balaban J connectivity index is 1.85. The van der Waals surface area contributed by atoms with Crippen LogP contribution in [0.5, 0.6) is 0 Å². The number of guanidine groups is 1. The summed E-state index contributed by atoms with van der Waals surface area (Å²) < 4.78 is 5.27. The summed E-state index contributed by atoms with van der Waals surface area (Å²) in [4.78, 5) is 4.27. The van der Waals surface area contributed by atoms with Gasteiger partial charge in [0, 0.05) is 10.6 Å². The molecule has 0 bridgehead atoms. The van der Waals surface area contributed by atoms with Crippen molar-refractivity contribution in [2.45, 2.75) is 6.17 Å². The van der Waals surface area contributed by atoms with Crippen LogP contribution in [0.3, 0.4) is 0 Å². The summed E-state index contributed by atoms with van der Waals surface area (Å²) in [6.07, 6.45) is 0.891. The molecule has 0 saturated carbocycles. The van der Waals surface area contributed by atoms with Crippen molar-refractivity contribution in [2.75, 3.05) is 0 Å². The smallest absolute Gasteiger partial charge is 0.219 e. The van der Waals surface area contributed by atoms with Gasteiger partial charge < -0.3 is 10.2 Å². The number of aliphatic imine (C=N–C) groups is 1. The third kappa shape index (κ3) is 1.71. The SMILES string of the molecule is NC1=Nc2ccc(Cl)cc2C2N(O)C(c3ccco3)=NN12. The van der Waals surface area contributed by atoms with Gasteiger partial charge in [0.05, 0.1) is 12.0 Å². The van der Waals surface area contributed by atoms with Crippen molar-refractivity contribution in [3.63, 3.8) is 0 Å². The molecule has 4 rings (SSSR count). The summed E-state index contributed by atoms with van der Waals surface area (Å²) >= 11 is 6.03. The van der Waals surface area contributed by atoms with E-state index in [1.165, 1.54) is 11.3 Å². The lowest BCUT2D eigenvalue weighted by molar-refractivity contribution is -0.0765. The number of halogens is 1. The fourth-order valence-corrected chi connectivity index (χ4v) is 2.62. The van der Waals surface area contributed by atoms with Gasteiger partial charge in [-0.1, -0.05) is 11.6 Å². The van der Waals surface area contributed by atoms with E-state index >= 15 is 0 Å². The molecule has 106 valence electrons. The van der Waals surface area contributed by atoms with E-state index in [2.05, 4.69) is 10.1 Å². The zero-order valence-electron chi connectivity index (χ0n) is 10.6. The first kappa shape index (κ1) is 12.2. The number of fused-ring (bicyclic) bond motifs is 3. The highest BCUT2D eigenvalue weighted by Crippen LogP contribution is 2.40. The molecule has 1 unspecified atom stereocenters. The quantitative estimate of drug-likeness (QED) is 0.843. The van der Waals surface area contributed by atoms with E-state index in [9.17, 15) is 5.21 Å². The normalized spacial score (nSPS) is 20.0. The molecule has 1 aromatic heterocycles. The van der Waals surface area contributed by atoms with Crippen LogP contribution in [0.25, 0.3) is 0 Å². The van der Waals surface area contributed by atoms with Crippen LogP contribution < -0.4 is 5.73 Å². The van der Waals surface area contributed by atoms with Gasteiger partial charge in [-0.05, 0) is 30.3 Å². The van der Waals surface area contributed by atoms with E-state index in [1.807, 2.05) is 0 Å². The van der Waals surface area contributed by atoms with Crippen molar-refractivity contribution >= 4 is 29.1 Å². The first-order chi connectivity index (χ1) is 10.1. The molecule has 3 heterocycles. The largest absolute Gasteiger partial charge is 0.461 e. The Kier molecular flexibility index (Phi) is 2.47. The van der Waals surface area contributed by atoms with E-state index in [0.717, 1.165) is 5.06 Å². The molecule has 0 radical (unpaired) electrons. The Bertz CT molecular complexity index is 771. The van der Waals surface area contributed by atoms with Crippen molar-refractivity contribution in [3.05, 3.63) is 52.9 Å². The molecule has 1 atom stereocenters. The van der Waals surface area contributed by atoms with Gasteiger partial charge in [0.25, 0.3) is 0 Å². The van der Waals surface area contributed by atoms with Gasteiger partial charge >= 0.3 is 0 Å². The number of benzene rings is 1. The summed E-state index contributed by atoms with van der Waals surface area (Å²) in [6, 6.07) is 8.62. The van der Waals surface area contributed by atoms with Crippen LogP contribution in [0.15, 0.2) is 51.1 Å². The lowest BCUT2D eigenvalue weighted by Crippen LogP contribution is -2.41. The molecule has 2 aromatic rings. The first-order valence-corrected chi connectivity index (χ1v) is 6.56. The average molecular weight is 304 g/mol. The third-order valence-corrected chi connectivity index (χ3v) is 3.60. The van der Waals surface area contributed by atoms with E-state index < -0.39 is 6.17 Å². The molecule has 1 aromatic carbocycles. The van der Waals surface area contributed by atoms with Gasteiger partial charge in [-0.2, -0.15) is 0 Å². The summed E-state index contributed by atoms with van der Waals surface area (Å²) in [5.41, 5.74) is 7.28. The van der Waals surface area contributed by atoms with Crippen LogP contribution in [0.2, 0.25) is 5.02 Å². The molecule has 0 amide bonds. The van der Waals surface area contributed by atoms with Gasteiger partial charge in [-0.3, -0.25) is 5.21 Å². The van der Waals surface area contributed by atoms with Crippen LogP contribution in [0.1, 0.15) is 17.5 Å². The minimum absolute atomic E-state index is 0.190. The molecule has 7 nitrogen and oxygen atoms in total. The van der Waals surface area contributed by atoms with E-state index in [1.54, 1.807) is 30.3 Å². The standard InChI is InChI=1S/C13H10ClN5O2/c14-7-3-4-9-8(6-7)12-18(13(15)16-9)17-11(19(12)20)10-2-1-5-21-10/h1-6,12,20H,(H2,15,16). The fraction of sp³-hybridized carbons (Fsp3) is 0.0769. The topological polar surface area (TPSA) is 90.6 Å². The second kappa shape index (κ2) is 4.24. The van der Waals surface area contributed by atoms with Crippen molar-refractivity contribution in [3.8, 4) is 0 Å². The zero-order chi connectivity index (χ0) is 14.6. The van der Waals surface area contributed by atoms with Crippen molar-refractivity contribution in [2.24, 2.45) is 15.8 Å². The van der Waals surface area contributed by atoms with Gasteiger partial charge in [-0.25, -0.2) is 15.1 Å². The van der Waals surface area contributed by atoms with Gasteiger partial charge in [0.1, 0.15) is 0 Å². The second-order valence-corrected chi connectivity index (χ2v) is 5.07. The lowest BCUT2D eigenvalue weighted by Gasteiger charge is -2.30. The number of hydrazone groups is 1. The van der Waals surface area contributed by atoms with Crippen LogP contribution >= 0.6 is 11.6 Å². The van der Waals surface area contributed by atoms with Crippen LogP contribution in [0, 0.1) is 0 Å². The second-order valence-electron chi connectivity index (χ2n) is 4.64. The van der Waals surface area contributed by atoms with E-state index in [4.69, 9.17) is 21.8 Å². The maximum atomic E-state index is 10.5. The Morgan fingerprint density at radius 3 is 2.95 bits per heavy atom. The van der Waals surface area contributed by atoms with E-state index in [-0.39, 0.29) is 11.8 Å². The summed E-state index contributed by atoms with van der Waals surface area (Å²) in [7, 11) is 0. The van der Waals surface area contributed by atoms with Crippen molar-refractivity contribution < 1.29 is 9.62 Å². The highest BCUT2D eigenvalue weighted by Gasteiger charge is 2.42. The number of hydrogen-bond acceptors (Lipinski definition) is 7. The molecule has 3 N–H and O–H groups in total. The number of rotatable bonds is 1. The number of hydrogen-bond donors (Lipinski definition) is 2. The predicted octanol–water partition coefficient (Wildman–Crippen LogP) is 2.26. The lowest BCUT2D eigenvalue weighted by atomic mass is 10.1. The molecule has 0 aliphatic carbocycles. The Hall–Kier alpha value is -2.51. The van der Waals surface area contributed by atoms with Crippen molar-refractivity contribution in [1.82, 2.24) is 10.1 Å². The van der Waals surface area contributed by atoms with Crippen LogP contribution in [0.4, 0.5) is 5.69 Å². The molecule has 2 aliphatic heterocycles. The van der Waals surface area contributed by atoms with Crippen LogP contribution in [-0.2, 0) is 0 Å². The Labute approximate surface area is 124 Å². The zero-order valence-corrected chi connectivity index (χ0v) is 11.4. The number of nitrogens with two attached hydrogens (primary N) is 1. The minimum atomic E-state index is -0.615. The van der Waals surface area contributed by atoms with Gasteiger partial charge in [-0.15, -0.1) is 5.10 Å². The summed E-state index contributed by atoms with van der Waals surface area (Å²) in [5.74, 6) is 0.884. The molecule has 0 fully saturated rings. The molecular weight excluding hydrogens is 294 g/mol. The fourth-order valence-electron chi connectivity index (χ4n) is 2.44. The molecule has 0 saturated heterocycles. The maximum Gasteiger partial charge on any atom is 0.219 e. The molecule has 21 heavy (non-hydrogen) atoms. The van der Waals surface area contributed by atoms with Gasteiger partial charge in [0.15, 0.2) is 11.9 Å². The first-order valence-electron chi connectivity index (χ1n) is 6.18. The van der Waals surface area contributed by atoms with E-state index in [0.29, 0.717) is 22.0 Å². The monoisotopic (exact) mass is 303 g/mol. The summed E-state index contributed by atoms with van der Waals surface area (Å²) in [6.45, 7) is 0. The van der Waals surface area contributed by atoms with Crippen molar-refractivity contribution in [1.29, 1.82) is 0 Å². The molecule has 0 spiro atoms. The number of hydroxylamine groups is 2. The highest BCUT2D eigenvalue weighted by molar-refractivity contribution is 6.30. The third-order valence-electron chi connectivity index (χ3n) is 3.36.